The number of nitrogens with zero attached hydrogens (tertiary/aromatic N) is 3. The van der Waals surface area contributed by atoms with E-state index in [1.165, 1.54) is 0 Å². The van der Waals surface area contributed by atoms with Crippen LogP contribution in [0.4, 0.5) is 5.69 Å². The zero-order valence-corrected chi connectivity index (χ0v) is 12.9. The molecule has 0 bridgehead atoms. The fraction of sp³-hybridized carbons (Fsp3) is 0.400. The molecule has 6 heteroatoms. The number of anilines is 1. The molecule has 0 saturated heterocycles. The van der Waals surface area contributed by atoms with Crippen molar-refractivity contribution < 1.29 is 4.79 Å². The standard InChI is InChI=1S/C15H21N5O/c1-5-10-14(16)11(6-2)20(19-10)12-7-8(3)18-9(4)13(12)15(17)21/h7H,5-6,16H2,1-4H3,(H2,17,21). The molecule has 0 fully saturated rings. The van der Waals surface area contributed by atoms with Crippen LogP contribution in [-0.2, 0) is 12.8 Å². The van der Waals surface area contributed by atoms with Gasteiger partial charge in [0.2, 0.25) is 0 Å². The Labute approximate surface area is 124 Å². The van der Waals surface area contributed by atoms with E-state index in [2.05, 4.69) is 10.1 Å². The van der Waals surface area contributed by atoms with Gasteiger partial charge in [0.15, 0.2) is 0 Å². The molecule has 21 heavy (non-hydrogen) atoms. The summed E-state index contributed by atoms with van der Waals surface area (Å²) < 4.78 is 1.73. The Morgan fingerprint density at radius 2 is 1.95 bits per heavy atom. The Hall–Kier alpha value is -2.37. The van der Waals surface area contributed by atoms with Gasteiger partial charge >= 0.3 is 0 Å². The molecule has 0 atom stereocenters. The van der Waals surface area contributed by atoms with Gasteiger partial charge in [-0.2, -0.15) is 5.10 Å². The Morgan fingerprint density at radius 3 is 2.48 bits per heavy atom. The fourth-order valence-electron chi connectivity index (χ4n) is 2.60. The number of carbonyl (C=O) groups excluding carboxylic acids is 1. The number of carbonyl (C=O) groups is 1. The molecule has 0 aromatic carbocycles. The lowest BCUT2D eigenvalue weighted by molar-refractivity contribution is 0.0999. The van der Waals surface area contributed by atoms with E-state index in [-0.39, 0.29) is 0 Å². The largest absolute Gasteiger partial charge is 0.396 e. The summed E-state index contributed by atoms with van der Waals surface area (Å²) >= 11 is 0. The Kier molecular flexibility index (Phi) is 3.97. The summed E-state index contributed by atoms with van der Waals surface area (Å²) in [5.41, 5.74) is 16.5. The van der Waals surface area contributed by atoms with Crippen molar-refractivity contribution in [3.05, 3.63) is 34.4 Å². The number of nitrogens with two attached hydrogens (primary N) is 2. The lowest BCUT2D eigenvalue weighted by atomic mass is 10.1. The Morgan fingerprint density at radius 1 is 1.29 bits per heavy atom. The molecule has 2 aromatic rings. The first-order chi connectivity index (χ1) is 9.90. The number of primary amides is 1. The van der Waals surface area contributed by atoms with Gasteiger partial charge in [-0.25, -0.2) is 4.68 Å². The zero-order valence-electron chi connectivity index (χ0n) is 12.9. The maximum absolute atomic E-state index is 11.8. The summed E-state index contributed by atoms with van der Waals surface area (Å²) in [5.74, 6) is -0.510. The molecule has 0 saturated carbocycles. The van der Waals surface area contributed by atoms with Crippen molar-refractivity contribution in [3.8, 4) is 5.69 Å². The highest BCUT2D eigenvalue weighted by Crippen LogP contribution is 2.25. The van der Waals surface area contributed by atoms with Gasteiger partial charge in [-0.3, -0.25) is 9.78 Å². The quantitative estimate of drug-likeness (QED) is 0.893. The number of nitrogen functional groups attached to an aromatic ring is 1. The van der Waals surface area contributed by atoms with Gasteiger partial charge in [0.05, 0.1) is 34.0 Å². The van der Waals surface area contributed by atoms with Gasteiger partial charge < -0.3 is 11.5 Å². The van der Waals surface area contributed by atoms with E-state index < -0.39 is 5.91 Å². The van der Waals surface area contributed by atoms with Crippen molar-refractivity contribution in [3.63, 3.8) is 0 Å². The number of pyridine rings is 1. The van der Waals surface area contributed by atoms with Gasteiger partial charge in [0.25, 0.3) is 5.91 Å². The Balaban J connectivity index is 2.81. The van der Waals surface area contributed by atoms with E-state index in [1.807, 2.05) is 26.8 Å². The van der Waals surface area contributed by atoms with Crippen molar-refractivity contribution in [1.82, 2.24) is 14.8 Å². The lowest BCUT2D eigenvalue weighted by Crippen LogP contribution is -2.19. The van der Waals surface area contributed by atoms with Crippen molar-refractivity contribution in [2.45, 2.75) is 40.5 Å². The first-order valence-corrected chi connectivity index (χ1v) is 7.05. The van der Waals surface area contributed by atoms with Gasteiger partial charge in [0, 0.05) is 5.69 Å². The first-order valence-electron chi connectivity index (χ1n) is 7.05. The molecule has 112 valence electrons. The van der Waals surface area contributed by atoms with Gasteiger partial charge in [0.1, 0.15) is 0 Å². The van der Waals surface area contributed by atoms with Crippen LogP contribution < -0.4 is 11.5 Å². The van der Waals surface area contributed by atoms with Crippen LogP contribution in [0.2, 0.25) is 0 Å². The monoisotopic (exact) mass is 287 g/mol. The average Bonchev–Trinajstić information content (AvgIpc) is 2.73. The van der Waals surface area contributed by atoms with Crippen LogP contribution in [0.3, 0.4) is 0 Å². The summed E-state index contributed by atoms with van der Waals surface area (Å²) in [6.45, 7) is 7.66. The third kappa shape index (κ3) is 2.49. The highest BCUT2D eigenvalue weighted by atomic mass is 16.1. The highest BCUT2D eigenvalue weighted by Gasteiger charge is 2.20. The number of hydrogen-bond donors (Lipinski definition) is 2. The normalized spacial score (nSPS) is 10.9. The lowest BCUT2D eigenvalue weighted by Gasteiger charge is -2.13. The average molecular weight is 287 g/mol. The minimum Gasteiger partial charge on any atom is -0.396 e. The minimum atomic E-state index is -0.510. The highest BCUT2D eigenvalue weighted by molar-refractivity contribution is 5.97. The van der Waals surface area contributed by atoms with Crippen LogP contribution in [0.15, 0.2) is 6.07 Å². The molecular formula is C15H21N5O. The van der Waals surface area contributed by atoms with Crippen LogP contribution in [0, 0.1) is 13.8 Å². The van der Waals surface area contributed by atoms with Crippen LogP contribution in [0.5, 0.6) is 0 Å². The van der Waals surface area contributed by atoms with E-state index >= 15 is 0 Å². The molecule has 0 unspecified atom stereocenters. The van der Waals surface area contributed by atoms with Crippen molar-refractivity contribution >= 4 is 11.6 Å². The van der Waals surface area contributed by atoms with E-state index in [9.17, 15) is 4.79 Å². The Bertz CT molecular complexity index is 703. The molecule has 0 aliphatic rings. The van der Waals surface area contributed by atoms with Crippen LogP contribution >= 0.6 is 0 Å². The maximum atomic E-state index is 11.8. The van der Waals surface area contributed by atoms with E-state index in [1.54, 1.807) is 11.6 Å². The number of aromatic nitrogens is 3. The summed E-state index contributed by atoms with van der Waals surface area (Å²) in [4.78, 5) is 16.1. The van der Waals surface area contributed by atoms with Gasteiger partial charge in [-0.1, -0.05) is 13.8 Å². The minimum absolute atomic E-state index is 0.389. The molecule has 2 rings (SSSR count). The molecule has 2 heterocycles. The SMILES string of the molecule is CCc1nn(-c2cc(C)nc(C)c2C(N)=O)c(CC)c1N. The molecule has 0 aliphatic heterocycles. The molecule has 0 radical (unpaired) electrons. The first kappa shape index (κ1) is 15.0. The molecule has 1 amide bonds. The van der Waals surface area contributed by atoms with Crippen molar-refractivity contribution in [2.24, 2.45) is 5.73 Å². The van der Waals surface area contributed by atoms with Crippen molar-refractivity contribution in [1.29, 1.82) is 0 Å². The molecule has 6 nitrogen and oxygen atoms in total. The summed E-state index contributed by atoms with van der Waals surface area (Å²) in [6.07, 6.45) is 1.46. The third-order valence-corrected chi connectivity index (χ3v) is 3.55. The second-order valence-electron chi connectivity index (χ2n) is 5.03. The summed E-state index contributed by atoms with van der Waals surface area (Å²) in [7, 11) is 0. The molecule has 2 aromatic heterocycles. The van der Waals surface area contributed by atoms with Crippen LogP contribution in [0.1, 0.15) is 47.0 Å². The smallest absolute Gasteiger partial charge is 0.252 e. The predicted octanol–water partition coefficient (Wildman–Crippen LogP) is 1.69. The number of hydrogen-bond acceptors (Lipinski definition) is 4. The maximum Gasteiger partial charge on any atom is 0.252 e. The summed E-state index contributed by atoms with van der Waals surface area (Å²) in [5, 5.41) is 4.55. The summed E-state index contributed by atoms with van der Waals surface area (Å²) in [6, 6.07) is 1.82. The van der Waals surface area contributed by atoms with E-state index in [4.69, 9.17) is 11.5 Å². The topological polar surface area (TPSA) is 99.8 Å². The van der Waals surface area contributed by atoms with Gasteiger partial charge in [-0.15, -0.1) is 0 Å². The number of amides is 1. The van der Waals surface area contributed by atoms with Crippen LogP contribution in [-0.4, -0.2) is 20.7 Å². The second kappa shape index (κ2) is 5.55. The molecule has 0 aliphatic carbocycles. The number of rotatable bonds is 4. The fourth-order valence-corrected chi connectivity index (χ4v) is 2.60. The second-order valence-corrected chi connectivity index (χ2v) is 5.03. The molecule has 4 N–H and O–H groups in total. The third-order valence-electron chi connectivity index (χ3n) is 3.55. The van der Waals surface area contributed by atoms with Crippen LogP contribution in [0.25, 0.3) is 5.69 Å². The van der Waals surface area contributed by atoms with E-state index in [0.717, 1.165) is 29.9 Å². The number of aryl methyl sites for hydroxylation is 3. The zero-order chi connectivity index (χ0) is 15.7. The molecule has 0 spiro atoms. The molecular weight excluding hydrogens is 266 g/mol. The predicted molar refractivity (Wildman–Crippen MR) is 82.5 cm³/mol. The van der Waals surface area contributed by atoms with Crippen molar-refractivity contribution in [2.75, 3.05) is 5.73 Å². The van der Waals surface area contributed by atoms with E-state index in [0.29, 0.717) is 22.6 Å². The van der Waals surface area contributed by atoms with Gasteiger partial charge in [-0.05, 0) is 32.8 Å².